The van der Waals surface area contributed by atoms with E-state index in [1.807, 2.05) is 18.2 Å². The van der Waals surface area contributed by atoms with E-state index in [1.165, 1.54) is 8.86 Å². The molecular formula is C13H12N4OSe. The standard InChI is InChI=1S/C13H12N4OSe/c14-12-10(8-19-9-4-2-1-3-5-9)16-11-6-7-15-13(18)17(11)12/h1-7H,8,14H2,(H,15,18). The number of aromatic nitrogens is 3. The number of nitrogens with two attached hydrogens (primary N) is 1. The number of rotatable bonds is 3. The molecule has 2 aromatic heterocycles. The van der Waals surface area contributed by atoms with Gasteiger partial charge in [0.1, 0.15) is 0 Å². The Hall–Kier alpha value is -2.04. The molecule has 0 amide bonds. The zero-order chi connectivity index (χ0) is 13.2. The van der Waals surface area contributed by atoms with Gasteiger partial charge in [0, 0.05) is 0 Å². The van der Waals surface area contributed by atoms with Gasteiger partial charge in [-0.3, -0.25) is 0 Å². The molecule has 19 heavy (non-hydrogen) atoms. The van der Waals surface area contributed by atoms with Gasteiger partial charge in [-0.15, -0.1) is 0 Å². The van der Waals surface area contributed by atoms with Crippen LogP contribution in [0.25, 0.3) is 5.65 Å². The van der Waals surface area contributed by atoms with Crippen molar-refractivity contribution in [2.75, 3.05) is 5.73 Å². The number of fused-ring (bicyclic) bond motifs is 1. The third kappa shape index (κ3) is 2.28. The van der Waals surface area contributed by atoms with Crippen LogP contribution in [0, 0.1) is 0 Å². The van der Waals surface area contributed by atoms with E-state index in [4.69, 9.17) is 5.73 Å². The Balaban J connectivity index is 1.92. The molecule has 0 unspecified atom stereocenters. The van der Waals surface area contributed by atoms with Crippen molar-refractivity contribution in [2.24, 2.45) is 0 Å². The maximum absolute atomic E-state index is 11.7. The molecule has 0 saturated carbocycles. The molecule has 0 bridgehead atoms. The quantitative estimate of drug-likeness (QED) is 0.674. The van der Waals surface area contributed by atoms with Crippen molar-refractivity contribution in [1.82, 2.24) is 14.4 Å². The number of hydrogen-bond acceptors (Lipinski definition) is 3. The summed E-state index contributed by atoms with van der Waals surface area (Å²) >= 11 is 0.264. The zero-order valence-electron chi connectivity index (χ0n) is 10.0. The Morgan fingerprint density at radius 2 is 2.05 bits per heavy atom. The van der Waals surface area contributed by atoms with Crippen molar-refractivity contribution in [3.8, 4) is 0 Å². The van der Waals surface area contributed by atoms with E-state index < -0.39 is 0 Å². The van der Waals surface area contributed by atoms with Crippen LogP contribution in [0.1, 0.15) is 5.69 Å². The first-order chi connectivity index (χ1) is 9.25. The molecule has 0 radical (unpaired) electrons. The molecule has 0 spiro atoms. The van der Waals surface area contributed by atoms with Gasteiger partial charge in [0.2, 0.25) is 0 Å². The van der Waals surface area contributed by atoms with Crippen molar-refractivity contribution < 1.29 is 0 Å². The third-order valence-corrected chi connectivity index (χ3v) is 4.92. The van der Waals surface area contributed by atoms with Crippen molar-refractivity contribution in [3.63, 3.8) is 0 Å². The number of H-pyrrole nitrogens is 1. The van der Waals surface area contributed by atoms with Crippen LogP contribution in [0.2, 0.25) is 0 Å². The molecule has 5 nitrogen and oxygen atoms in total. The monoisotopic (exact) mass is 320 g/mol. The number of nitrogens with zero attached hydrogens (tertiary/aromatic N) is 2. The molecule has 0 aliphatic heterocycles. The Morgan fingerprint density at radius 1 is 1.26 bits per heavy atom. The normalized spacial score (nSPS) is 10.9. The third-order valence-electron chi connectivity index (χ3n) is 2.78. The average molecular weight is 319 g/mol. The van der Waals surface area contributed by atoms with E-state index in [0.717, 1.165) is 11.0 Å². The molecule has 0 atom stereocenters. The number of anilines is 1. The van der Waals surface area contributed by atoms with Gasteiger partial charge in [-0.2, -0.15) is 0 Å². The predicted molar refractivity (Wildman–Crippen MR) is 75.8 cm³/mol. The number of nitrogen functional groups attached to an aromatic ring is 1. The summed E-state index contributed by atoms with van der Waals surface area (Å²) in [6.07, 6.45) is 1.58. The first-order valence-corrected chi connectivity index (χ1v) is 7.85. The fourth-order valence-electron chi connectivity index (χ4n) is 1.85. The molecular weight excluding hydrogens is 307 g/mol. The Bertz CT molecular complexity index is 763. The number of aromatic amines is 1. The molecule has 6 heteroatoms. The van der Waals surface area contributed by atoms with Gasteiger partial charge in [-0.25, -0.2) is 0 Å². The minimum absolute atomic E-state index is 0.249. The van der Waals surface area contributed by atoms with Crippen LogP contribution in [0.4, 0.5) is 5.82 Å². The van der Waals surface area contributed by atoms with Gasteiger partial charge in [-0.1, -0.05) is 0 Å². The zero-order valence-corrected chi connectivity index (χ0v) is 11.7. The van der Waals surface area contributed by atoms with Gasteiger partial charge in [0.05, 0.1) is 0 Å². The van der Waals surface area contributed by atoms with Crippen molar-refractivity contribution >= 4 is 30.9 Å². The van der Waals surface area contributed by atoms with Crippen LogP contribution in [0.3, 0.4) is 0 Å². The topological polar surface area (TPSA) is 76.2 Å². The number of nitrogens with one attached hydrogen (secondary N) is 1. The van der Waals surface area contributed by atoms with Gasteiger partial charge >= 0.3 is 115 Å². The molecule has 0 fully saturated rings. The van der Waals surface area contributed by atoms with E-state index in [2.05, 4.69) is 22.1 Å². The van der Waals surface area contributed by atoms with Gasteiger partial charge in [-0.05, 0) is 0 Å². The summed E-state index contributed by atoms with van der Waals surface area (Å²) in [4.78, 5) is 18.7. The SMILES string of the molecule is Nc1c(C[Se]c2ccccc2)nc2cc[nH]c(=O)n12. The summed E-state index contributed by atoms with van der Waals surface area (Å²) in [5.41, 5.74) is 7.13. The van der Waals surface area contributed by atoms with Crippen LogP contribution in [-0.2, 0) is 5.32 Å². The maximum atomic E-state index is 11.7. The van der Waals surface area contributed by atoms with Crippen LogP contribution in [0.15, 0.2) is 47.4 Å². The van der Waals surface area contributed by atoms with Crippen molar-refractivity contribution in [1.29, 1.82) is 0 Å². The second-order valence-electron chi connectivity index (χ2n) is 4.02. The summed E-state index contributed by atoms with van der Waals surface area (Å²) in [5, 5.41) is 0.782. The summed E-state index contributed by atoms with van der Waals surface area (Å²) in [7, 11) is 0. The summed E-state index contributed by atoms with van der Waals surface area (Å²) in [6.45, 7) is 0. The number of benzene rings is 1. The van der Waals surface area contributed by atoms with Gasteiger partial charge in [0.25, 0.3) is 0 Å². The summed E-state index contributed by atoms with van der Waals surface area (Å²) in [5.74, 6) is 0.439. The molecule has 96 valence electrons. The average Bonchev–Trinajstić information content (AvgIpc) is 2.76. The van der Waals surface area contributed by atoms with Crippen LogP contribution in [-0.4, -0.2) is 29.3 Å². The minimum atomic E-state index is -0.249. The van der Waals surface area contributed by atoms with E-state index in [1.54, 1.807) is 12.3 Å². The second-order valence-corrected chi connectivity index (χ2v) is 6.22. The number of hydrogen-bond donors (Lipinski definition) is 2. The first kappa shape index (κ1) is 12.0. The predicted octanol–water partition coefficient (Wildman–Crippen LogP) is 0.134. The molecule has 3 rings (SSSR count). The first-order valence-electron chi connectivity index (χ1n) is 5.78. The van der Waals surface area contributed by atoms with Gasteiger partial charge < -0.3 is 0 Å². The summed E-state index contributed by atoms with van der Waals surface area (Å²) < 4.78 is 2.71. The van der Waals surface area contributed by atoms with Gasteiger partial charge in [0.15, 0.2) is 0 Å². The van der Waals surface area contributed by atoms with E-state index in [9.17, 15) is 4.79 Å². The van der Waals surface area contributed by atoms with E-state index in [0.29, 0.717) is 11.5 Å². The summed E-state index contributed by atoms with van der Waals surface area (Å²) in [6, 6.07) is 12.0. The molecule has 2 heterocycles. The van der Waals surface area contributed by atoms with E-state index in [-0.39, 0.29) is 20.6 Å². The molecule has 0 aliphatic carbocycles. The second kappa shape index (κ2) is 4.91. The number of imidazole rings is 1. The Morgan fingerprint density at radius 3 is 2.79 bits per heavy atom. The van der Waals surface area contributed by atoms with Crippen LogP contribution in [0.5, 0.6) is 0 Å². The van der Waals surface area contributed by atoms with Crippen LogP contribution < -0.4 is 15.9 Å². The van der Waals surface area contributed by atoms with Crippen molar-refractivity contribution in [3.05, 3.63) is 58.8 Å². The molecule has 0 aliphatic rings. The fraction of sp³-hybridized carbons (Fsp3) is 0.0769. The van der Waals surface area contributed by atoms with Crippen LogP contribution >= 0.6 is 0 Å². The molecule has 3 N–H and O–H groups in total. The molecule has 1 aromatic carbocycles. The molecule has 3 aromatic rings. The van der Waals surface area contributed by atoms with Crippen molar-refractivity contribution in [2.45, 2.75) is 5.32 Å². The van der Waals surface area contributed by atoms with E-state index >= 15 is 0 Å². The Kier molecular flexibility index (Phi) is 3.11. The molecule has 0 saturated heterocycles. The fourth-order valence-corrected chi connectivity index (χ4v) is 3.67. The Labute approximate surface area is 115 Å².